The zero-order valence-corrected chi connectivity index (χ0v) is 14.7. The van der Waals surface area contributed by atoms with Crippen molar-refractivity contribution in [3.8, 4) is 0 Å². The van der Waals surface area contributed by atoms with Crippen molar-refractivity contribution in [2.24, 2.45) is 0 Å². The maximum Gasteiger partial charge on any atom is 0.345 e. The first kappa shape index (κ1) is 17.7. The van der Waals surface area contributed by atoms with Gasteiger partial charge < -0.3 is 5.32 Å². The van der Waals surface area contributed by atoms with Crippen LogP contribution in [0.25, 0.3) is 0 Å². The number of nitrogens with zero attached hydrogens (tertiary/aromatic N) is 3. The first-order valence-corrected chi connectivity index (χ1v) is 9.44. The number of hydrogen-bond donors (Lipinski definition) is 1. The summed E-state index contributed by atoms with van der Waals surface area (Å²) in [5, 5.41) is 7.15. The minimum atomic E-state index is -0.316. The number of carbonyl (C=O) groups excluding carboxylic acids is 1. The Morgan fingerprint density at radius 3 is 2.96 bits per heavy atom. The van der Waals surface area contributed by atoms with Crippen molar-refractivity contribution in [3.63, 3.8) is 0 Å². The van der Waals surface area contributed by atoms with Crippen molar-refractivity contribution >= 4 is 17.7 Å². The van der Waals surface area contributed by atoms with Crippen molar-refractivity contribution in [1.29, 1.82) is 0 Å². The molecular formula is C17H21FN4O2S. The van der Waals surface area contributed by atoms with Gasteiger partial charge in [0.15, 0.2) is 0 Å². The van der Waals surface area contributed by atoms with E-state index in [0.29, 0.717) is 24.4 Å². The Balaban J connectivity index is 1.40. The first-order valence-electron chi connectivity index (χ1n) is 8.45. The van der Waals surface area contributed by atoms with E-state index in [1.165, 1.54) is 22.5 Å². The van der Waals surface area contributed by atoms with Crippen LogP contribution < -0.4 is 11.0 Å². The molecule has 0 fully saturated rings. The fourth-order valence-corrected chi connectivity index (χ4v) is 3.58. The second-order valence-corrected chi connectivity index (χ2v) is 6.97. The number of thioether (sulfide) groups is 1. The highest BCUT2D eigenvalue weighted by molar-refractivity contribution is 8.00. The molecule has 0 bridgehead atoms. The highest BCUT2D eigenvalue weighted by Gasteiger charge is 2.16. The Bertz CT molecular complexity index is 802. The number of rotatable bonds is 7. The van der Waals surface area contributed by atoms with Gasteiger partial charge in [-0.3, -0.25) is 9.36 Å². The molecular weight excluding hydrogens is 343 g/mol. The molecule has 1 aliphatic heterocycles. The number of benzene rings is 1. The SMILES string of the molecule is O=C(CSc1ccccc1F)NCCCn1nc2n(c1=O)CCCC2. The molecule has 0 aliphatic carbocycles. The summed E-state index contributed by atoms with van der Waals surface area (Å²) in [4.78, 5) is 24.5. The van der Waals surface area contributed by atoms with Crippen molar-refractivity contribution in [2.75, 3.05) is 12.3 Å². The quantitative estimate of drug-likeness (QED) is 0.601. The molecule has 0 spiro atoms. The summed E-state index contributed by atoms with van der Waals surface area (Å²) in [6.07, 6.45) is 3.58. The highest BCUT2D eigenvalue weighted by Crippen LogP contribution is 2.20. The van der Waals surface area contributed by atoms with Crippen LogP contribution in [-0.2, 0) is 24.3 Å². The van der Waals surface area contributed by atoms with E-state index < -0.39 is 0 Å². The van der Waals surface area contributed by atoms with Crippen molar-refractivity contribution < 1.29 is 9.18 Å². The minimum Gasteiger partial charge on any atom is -0.355 e. The van der Waals surface area contributed by atoms with E-state index in [9.17, 15) is 14.0 Å². The number of aromatic nitrogens is 3. The summed E-state index contributed by atoms with van der Waals surface area (Å²) in [5.74, 6) is 0.564. The summed E-state index contributed by atoms with van der Waals surface area (Å²) < 4.78 is 16.7. The molecule has 8 heteroatoms. The molecule has 0 unspecified atom stereocenters. The van der Waals surface area contributed by atoms with E-state index in [0.717, 1.165) is 31.6 Å². The summed E-state index contributed by atoms with van der Waals surface area (Å²) in [6.45, 7) is 1.70. The van der Waals surface area contributed by atoms with Crippen LogP contribution >= 0.6 is 11.8 Å². The van der Waals surface area contributed by atoms with Crippen molar-refractivity contribution in [2.45, 2.75) is 43.7 Å². The molecule has 1 aromatic carbocycles. The van der Waals surface area contributed by atoms with Crippen molar-refractivity contribution in [3.05, 3.63) is 46.4 Å². The number of hydrogen-bond acceptors (Lipinski definition) is 4. The van der Waals surface area contributed by atoms with Crippen LogP contribution in [-0.4, -0.2) is 32.6 Å². The Labute approximate surface area is 149 Å². The van der Waals surface area contributed by atoms with Crippen LogP contribution in [0.5, 0.6) is 0 Å². The average Bonchev–Trinajstić information content (AvgIpc) is 2.94. The van der Waals surface area contributed by atoms with Gasteiger partial charge in [0.05, 0.1) is 5.75 Å². The highest BCUT2D eigenvalue weighted by atomic mass is 32.2. The van der Waals surface area contributed by atoms with Gasteiger partial charge in [-0.15, -0.1) is 11.8 Å². The Kier molecular flexibility index (Phi) is 5.91. The van der Waals surface area contributed by atoms with E-state index in [4.69, 9.17) is 0 Å². The van der Waals surface area contributed by atoms with Gasteiger partial charge >= 0.3 is 5.69 Å². The molecule has 2 heterocycles. The molecule has 1 aliphatic rings. The molecule has 25 heavy (non-hydrogen) atoms. The molecule has 6 nitrogen and oxygen atoms in total. The van der Waals surface area contributed by atoms with E-state index in [1.807, 2.05) is 0 Å². The van der Waals surface area contributed by atoms with Gasteiger partial charge in [0, 0.05) is 31.0 Å². The normalized spacial score (nSPS) is 13.5. The summed E-state index contributed by atoms with van der Waals surface area (Å²) >= 11 is 1.17. The second-order valence-electron chi connectivity index (χ2n) is 5.95. The van der Waals surface area contributed by atoms with E-state index in [-0.39, 0.29) is 23.2 Å². The number of aryl methyl sites for hydroxylation is 2. The maximum atomic E-state index is 13.5. The largest absolute Gasteiger partial charge is 0.355 e. The molecule has 1 N–H and O–H groups in total. The number of amides is 1. The molecule has 1 amide bonds. The molecule has 0 saturated carbocycles. The average molecular weight is 364 g/mol. The van der Waals surface area contributed by atoms with Crippen LogP contribution in [0.15, 0.2) is 34.0 Å². The second kappa shape index (κ2) is 8.33. The summed E-state index contributed by atoms with van der Waals surface area (Å²) in [7, 11) is 0. The predicted octanol–water partition coefficient (Wildman–Crippen LogP) is 1.82. The van der Waals surface area contributed by atoms with Crippen molar-refractivity contribution in [1.82, 2.24) is 19.7 Å². The number of carbonyl (C=O) groups is 1. The lowest BCUT2D eigenvalue weighted by Crippen LogP contribution is -2.30. The topological polar surface area (TPSA) is 68.9 Å². The molecule has 0 radical (unpaired) electrons. The van der Waals surface area contributed by atoms with Crippen LogP contribution in [0.3, 0.4) is 0 Å². The van der Waals surface area contributed by atoms with Gasteiger partial charge in [0.2, 0.25) is 5.91 Å². The Hall–Kier alpha value is -2.09. The maximum absolute atomic E-state index is 13.5. The Morgan fingerprint density at radius 2 is 2.16 bits per heavy atom. The number of nitrogens with one attached hydrogen (secondary N) is 1. The standard InChI is InChI=1S/C17H21FN4O2S/c18-13-6-1-2-7-14(13)25-12-16(23)19-9-5-11-22-17(24)21-10-4-3-8-15(21)20-22/h1-2,6-7H,3-5,8-12H2,(H,19,23). The monoisotopic (exact) mass is 364 g/mol. The van der Waals surface area contributed by atoms with Crippen LogP contribution in [0.1, 0.15) is 25.1 Å². The van der Waals surface area contributed by atoms with Crippen LogP contribution in [0.4, 0.5) is 4.39 Å². The lowest BCUT2D eigenvalue weighted by molar-refractivity contribution is -0.118. The van der Waals surface area contributed by atoms with Gasteiger partial charge in [-0.25, -0.2) is 13.9 Å². The molecule has 3 rings (SSSR count). The smallest absolute Gasteiger partial charge is 0.345 e. The fourth-order valence-electron chi connectivity index (χ4n) is 2.81. The molecule has 0 saturated heterocycles. The van der Waals surface area contributed by atoms with E-state index in [1.54, 1.807) is 22.8 Å². The zero-order chi connectivity index (χ0) is 17.6. The first-order chi connectivity index (χ1) is 12.1. The van der Waals surface area contributed by atoms with Gasteiger partial charge in [0.1, 0.15) is 11.6 Å². The van der Waals surface area contributed by atoms with Gasteiger partial charge in [0.25, 0.3) is 0 Å². The summed E-state index contributed by atoms with van der Waals surface area (Å²) in [5.41, 5.74) is -0.0591. The van der Waals surface area contributed by atoms with Gasteiger partial charge in [-0.2, -0.15) is 5.10 Å². The lowest BCUT2D eigenvalue weighted by Gasteiger charge is -2.09. The number of halogens is 1. The van der Waals surface area contributed by atoms with E-state index in [2.05, 4.69) is 10.4 Å². The molecule has 134 valence electrons. The zero-order valence-electron chi connectivity index (χ0n) is 13.9. The van der Waals surface area contributed by atoms with Gasteiger partial charge in [-0.1, -0.05) is 12.1 Å². The minimum absolute atomic E-state index is 0.0591. The number of fused-ring (bicyclic) bond motifs is 1. The third-order valence-electron chi connectivity index (χ3n) is 4.10. The van der Waals surface area contributed by atoms with Crippen LogP contribution in [0.2, 0.25) is 0 Å². The molecule has 0 atom stereocenters. The lowest BCUT2D eigenvalue weighted by atomic mass is 10.2. The van der Waals surface area contributed by atoms with Gasteiger partial charge in [-0.05, 0) is 31.4 Å². The molecule has 2 aromatic rings. The third-order valence-corrected chi connectivity index (χ3v) is 5.14. The van der Waals surface area contributed by atoms with E-state index >= 15 is 0 Å². The molecule has 1 aromatic heterocycles. The fraction of sp³-hybridized carbons (Fsp3) is 0.471. The predicted molar refractivity (Wildman–Crippen MR) is 94.2 cm³/mol. The van der Waals surface area contributed by atoms with Crippen LogP contribution in [0, 0.1) is 5.82 Å². The third kappa shape index (κ3) is 4.50. The summed E-state index contributed by atoms with van der Waals surface area (Å²) in [6, 6.07) is 6.39. The Morgan fingerprint density at radius 1 is 1.32 bits per heavy atom.